The molecule has 1 amide bonds. The molecule has 4 nitrogen and oxygen atoms in total. The number of rotatable bonds is 3. The highest BCUT2D eigenvalue weighted by Gasteiger charge is 2.17. The van der Waals surface area contributed by atoms with Crippen LogP contribution in [0.2, 0.25) is 0 Å². The van der Waals surface area contributed by atoms with E-state index in [4.69, 9.17) is 27.6 Å². The molecule has 0 aliphatic rings. The Morgan fingerprint density at radius 1 is 1.00 bits per heavy atom. The van der Waals surface area contributed by atoms with Crippen molar-refractivity contribution in [3.8, 4) is 11.5 Å². The Bertz CT molecular complexity index is 1090. The van der Waals surface area contributed by atoms with E-state index in [0.717, 1.165) is 16.3 Å². The van der Waals surface area contributed by atoms with E-state index in [-0.39, 0.29) is 0 Å². The molecule has 1 aromatic heterocycles. The lowest BCUT2D eigenvalue weighted by Gasteiger charge is -2.08. The topological polar surface area (TPSA) is 55.1 Å². The SMILES string of the molecule is O=C(Nc1ccccc1-c1nc2ccc3ccccc3c2o1)C(Cl)Cl. The number of hydrogen-bond donors (Lipinski definition) is 1. The molecule has 6 heteroatoms. The number of hydrogen-bond acceptors (Lipinski definition) is 3. The number of halogens is 2. The fourth-order valence-corrected chi connectivity index (χ4v) is 2.85. The van der Waals surface area contributed by atoms with Gasteiger partial charge in [-0.2, -0.15) is 0 Å². The fourth-order valence-electron chi connectivity index (χ4n) is 2.74. The second kappa shape index (κ2) is 6.39. The maximum Gasteiger partial charge on any atom is 0.257 e. The number of alkyl halides is 2. The zero-order chi connectivity index (χ0) is 17.4. The third-order valence-corrected chi connectivity index (χ3v) is 4.29. The standard InChI is InChI=1S/C19H12Cl2N2O2/c20-17(21)18(24)22-14-8-4-3-7-13(14)19-23-15-10-9-11-5-1-2-6-12(11)16(15)25-19/h1-10,17H,(H,22,24). The summed E-state index contributed by atoms with van der Waals surface area (Å²) in [5, 5.41) is 4.75. The number of para-hydroxylation sites is 1. The highest BCUT2D eigenvalue weighted by atomic mass is 35.5. The maximum atomic E-state index is 11.8. The number of nitrogens with one attached hydrogen (secondary N) is 1. The molecule has 0 spiro atoms. The predicted octanol–water partition coefficient (Wildman–Crippen LogP) is 5.39. The molecule has 1 heterocycles. The van der Waals surface area contributed by atoms with Crippen LogP contribution in [0.25, 0.3) is 33.3 Å². The number of aromatic nitrogens is 1. The first-order valence-corrected chi connectivity index (χ1v) is 8.47. The van der Waals surface area contributed by atoms with Crippen LogP contribution in [0.1, 0.15) is 0 Å². The van der Waals surface area contributed by atoms with Crippen molar-refractivity contribution in [3.05, 3.63) is 60.7 Å². The number of carbonyl (C=O) groups excluding carboxylic acids is 1. The lowest BCUT2D eigenvalue weighted by molar-refractivity contribution is -0.114. The zero-order valence-electron chi connectivity index (χ0n) is 12.9. The van der Waals surface area contributed by atoms with E-state index in [9.17, 15) is 4.79 Å². The molecule has 0 saturated carbocycles. The van der Waals surface area contributed by atoms with Crippen molar-refractivity contribution in [1.29, 1.82) is 0 Å². The quantitative estimate of drug-likeness (QED) is 0.491. The average molecular weight is 371 g/mol. The van der Waals surface area contributed by atoms with Crippen LogP contribution in [-0.2, 0) is 4.79 Å². The second-order valence-electron chi connectivity index (χ2n) is 5.49. The van der Waals surface area contributed by atoms with Gasteiger partial charge in [0.05, 0.1) is 11.3 Å². The van der Waals surface area contributed by atoms with Crippen molar-refractivity contribution in [3.63, 3.8) is 0 Å². The van der Waals surface area contributed by atoms with Gasteiger partial charge in [-0.1, -0.05) is 65.7 Å². The summed E-state index contributed by atoms with van der Waals surface area (Å²) in [4.78, 5) is 15.2. The minimum atomic E-state index is -1.15. The molecule has 0 atom stereocenters. The molecule has 0 aliphatic heterocycles. The Morgan fingerprint density at radius 2 is 1.76 bits per heavy atom. The van der Waals surface area contributed by atoms with Crippen LogP contribution in [0, 0.1) is 0 Å². The van der Waals surface area contributed by atoms with Crippen LogP contribution in [0.3, 0.4) is 0 Å². The number of amides is 1. The summed E-state index contributed by atoms with van der Waals surface area (Å²) >= 11 is 11.2. The number of benzene rings is 3. The highest BCUT2D eigenvalue weighted by Crippen LogP contribution is 2.33. The van der Waals surface area contributed by atoms with E-state index in [1.54, 1.807) is 12.1 Å². The Hall–Kier alpha value is -2.56. The Morgan fingerprint density at radius 3 is 2.60 bits per heavy atom. The first kappa shape index (κ1) is 15.9. The molecule has 0 bridgehead atoms. The summed E-state index contributed by atoms with van der Waals surface area (Å²) in [7, 11) is 0. The van der Waals surface area contributed by atoms with Crippen molar-refractivity contribution in [2.24, 2.45) is 0 Å². The molecule has 4 aromatic rings. The van der Waals surface area contributed by atoms with Gasteiger partial charge >= 0.3 is 0 Å². The second-order valence-corrected chi connectivity index (χ2v) is 6.59. The Kier molecular flexibility index (Phi) is 4.07. The average Bonchev–Trinajstić information content (AvgIpc) is 3.06. The van der Waals surface area contributed by atoms with Gasteiger partial charge in [-0.25, -0.2) is 4.98 Å². The lowest BCUT2D eigenvalue weighted by atomic mass is 10.1. The Balaban J connectivity index is 1.85. The molecule has 124 valence electrons. The van der Waals surface area contributed by atoms with Crippen molar-refractivity contribution in [2.45, 2.75) is 4.84 Å². The van der Waals surface area contributed by atoms with Gasteiger partial charge < -0.3 is 9.73 Å². The van der Waals surface area contributed by atoms with Crippen LogP contribution in [0.15, 0.2) is 65.1 Å². The van der Waals surface area contributed by atoms with Gasteiger partial charge in [0.1, 0.15) is 5.52 Å². The van der Waals surface area contributed by atoms with Gasteiger partial charge in [-0.15, -0.1) is 0 Å². The monoisotopic (exact) mass is 370 g/mol. The molecule has 1 N–H and O–H groups in total. The van der Waals surface area contributed by atoms with Gasteiger partial charge in [-0.05, 0) is 23.6 Å². The van der Waals surface area contributed by atoms with Crippen molar-refractivity contribution < 1.29 is 9.21 Å². The lowest BCUT2D eigenvalue weighted by Crippen LogP contribution is -2.18. The molecule has 25 heavy (non-hydrogen) atoms. The summed E-state index contributed by atoms with van der Waals surface area (Å²) in [6.07, 6.45) is 0. The van der Waals surface area contributed by atoms with Crippen molar-refractivity contribution >= 4 is 56.7 Å². The molecule has 0 fully saturated rings. The van der Waals surface area contributed by atoms with Crippen molar-refractivity contribution in [1.82, 2.24) is 4.98 Å². The fraction of sp³-hybridized carbons (Fsp3) is 0.0526. The number of anilines is 1. The van der Waals surface area contributed by atoms with E-state index in [0.29, 0.717) is 22.7 Å². The first-order valence-electron chi connectivity index (χ1n) is 7.60. The number of oxazole rings is 1. The van der Waals surface area contributed by atoms with Crippen molar-refractivity contribution in [2.75, 3.05) is 5.32 Å². The molecular weight excluding hydrogens is 359 g/mol. The predicted molar refractivity (Wildman–Crippen MR) is 101 cm³/mol. The minimum Gasteiger partial charge on any atom is -0.435 e. The summed E-state index contributed by atoms with van der Waals surface area (Å²) in [5.41, 5.74) is 2.66. The molecule has 3 aromatic carbocycles. The van der Waals surface area contributed by atoms with Gasteiger partial charge in [0, 0.05) is 5.39 Å². The van der Waals surface area contributed by atoms with Gasteiger partial charge in [0.15, 0.2) is 10.4 Å². The van der Waals surface area contributed by atoms with E-state index in [1.165, 1.54) is 0 Å². The van der Waals surface area contributed by atoms with Crippen LogP contribution in [-0.4, -0.2) is 15.7 Å². The number of carbonyl (C=O) groups is 1. The largest absolute Gasteiger partial charge is 0.435 e. The third-order valence-electron chi connectivity index (χ3n) is 3.89. The maximum absolute atomic E-state index is 11.8. The highest BCUT2D eigenvalue weighted by molar-refractivity contribution is 6.54. The van der Waals surface area contributed by atoms with E-state index < -0.39 is 10.7 Å². The normalized spacial score (nSPS) is 11.3. The van der Waals surface area contributed by atoms with E-state index >= 15 is 0 Å². The van der Waals surface area contributed by atoms with Crippen LogP contribution in [0.4, 0.5) is 5.69 Å². The third kappa shape index (κ3) is 2.95. The van der Waals surface area contributed by atoms with E-state index in [2.05, 4.69) is 10.3 Å². The van der Waals surface area contributed by atoms with Crippen LogP contribution in [0.5, 0.6) is 0 Å². The molecule has 0 saturated heterocycles. The molecule has 4 rings (SSSR count). The number of nitrogens with zero attached hydrogens (tertiary/aromatic N) is 1. The van der Waals surface area contributed by atoms with Gasteiger partial charge in [0.25, 0.3) is 5.91 Å². The van der Waals surface area contributed by atoms with Gasteiger partial charge in [0.2, 0.25) is 5.89 Å². The van der Waals surface area contributed by atoms with E-state index in [1.807, 2.05) is 48.5 Å². The molecule has 0 aliphatic carbocycles. The van der Waals surface area contributed by atoms with Crippen LogP contribution >= 0.6 is 23.2 Å². The first-order chi connectivity index (χ1) is 12.1. The Labute approximate surface area is 153 Å². The molecular formula is C19H12Cl2N2O2. The van der Waals surface area contributed by atoms with Crippen LogP contribution < -0.4 is 5.32 Å². The number of fused-ring (bicyclic) bond motifs is 3. The summed E-state index contributed by atoms with van der Waals surface area (Å²) in [5.74, 6) is -0.0831. The zero-order valence-corrected chi connectivity index (χ0v) is 14.4. The smallest absolute Gasteiger partial charge is 0.257 e. The summed E-state index contributed by atoms with van der Waals surface area (Å²) < 4.78 is 6.02. The molecule has 0 radical (unpaired) electrons. The minimum absolute atomic E-state index is 0.419. The summed E-state index contributed by atoms with van der Waals surface area (Å²) in [6.45, 7) is 0. The van der Waals surface area contributed by atoms with Gasteiger partial charge in [-0.3, -0.25) is 4.79 Å². The molecule has 0 unspecified atom stereocenters. The summed E-state index contributed by atoms with van der Waals surface area (Å²) in [6, 6.07) is 19.1.